The summed E-state index contributed by atoms with van der Waals surface area (Å²) in [6.45, 7) is 1.04. The van der Waals surface area contributed by atoms with Gasteiger partial charge in [-0.05, 0) is 36.8 Å². The fraction of sp³-hybridized carbons (Fsp3) is 0.238. The minimum atomic E-state index is -0.298. The molecule has 2 amide bonds. The summed E-state index contributed by atoms with van der Waals surface area (Å²) in [7, 11) is 1.82. The number of nitrogens with two attached hydrogens (primary N) is 1. The number of carbonyl (C=O) groups excluding carboxylic acids is 2. The van der Waals surface area contributed by atoms with Crippen molar-refractivity contribution in [2.24, 2.45) is 7.05 Å². The van der Waals surface area contributed by atoms with E-state index in [0.29, 0.717) is 30.6 Å². The number of rotatable bonds is 4. The topological polar surface area (TPSA) is 106 Å². The van der Waals surface area contributed by atoms with Crippen molar-refractivity contribution in [3.8, 4) is 11.1 Å². The van der Waals surface area contributed by atoms with Gasteiger partial charge in [0.1, 0.15) is 5.82 Å². The Bertz CT molecular complexity index is 1100. The first-order valence-corrected chi connectivity index (χ1v) is 10.3. The fourth-order valence-corrected chi connectivity index (χ4v) is 3.75. The van der Waals surface area contributed by atoms with E-state index in [9.17, 15) is 9.59 Å². The lowest BCUT2D eigenvalue weighted by atomic mass is 10.1. The number of amides is 2. The number of aryl methyl sites for hydroxylation is 1. The summed E-state index contributed by atoms with van der Waals surface area (Å²) in [6.07, 6.45) is 5.86. The minimum absolute atomic E-state index is 0.0426. The van der Waals surface area contributed by atoms with Gasteiger partial charge in [0.25, 0.3) is 11.8 Å². The first kappa shape index (κ1) is 20.1. The van der Waals surface area contributed by atoms with Gasteiger partial charge in [0, 0.05) is 59.7 Å². The van der Waals surface area contributed by atoms with E-state index in [4.69, 9.17) is 5.73 Å². The van der Waals surface area contributed by atoms with Crippen molar-refractivity contribution in [1.29, 1.82) is 0 Å². The highest BCUT2D eigenvalue weighted by atomic mass is 79.9. The lowest BCUT2D eigenvalue weighted by Gasteiger charge is -2.17. The molecule has 0 radical (unpaired) electrons. The largest absolute Gasteiger partial charge is 0.383 e. The number of carbonyl (C=O) groups is 2. The lowest BCUT2D eigenvalue weighted by molar-refractivity contribution is 0.0783. The predicted molar refractivity (Wildman–Crippen MR) is 117 cm³/mol. The molecule has 1 aliphatic heterocycles. The molecule has 0 bridgehead atoms. The SMILES string of the molecule is Cn1cc(-c2cnc(N)c(C(=O)NC3CCN(C(=O)c4ccc(Br)cc4)C3)c2)cn1. The second-order valence-electron chi connectivity index (χ2n) is 7.28. The van der Waals surface area contributed by atoms with Crippen molar-refractivity contribution in [2.75, 3.05) is 18.8 Å². The average Bonchev–Trinajstić information content (AvgIpc) is 3.37. The second-order valence-corrected chi connectivity index (χ2v) is 8.19. The molecule has 1 aliphatic rings. The van der Waals surface area contributed by atoms with Crippen LogP contribution < -0.4 is 11.1 Å². The van der Waals surface area contributed by atoms with Crippen LogP contribution in [-0.4, -0.2) is 50.6 Å². The Morgan fingerprint density at radius 3 is 2.67 bits per heavy atom. The maximum Gasteiger partial charge on any atom is 0.255 e. The molecule has 8 nitrogen and oxygen atoms in total. The maximum atomic E-state index is 12.8. The van der Waals surface area contributed by atoms with Crippen LogP contribution in [0.5, 0.6) is 0 Å². The van der Waals surface area contributed by atoms with E-state index in [0.717, 1.165) is 15.6 Å². The zero-order valence-electron chi connectivity index (χ0n) is 16.4. The van der Waals surface area contributed by atoms with E-state index in [1.165, 1.54) is 0 Å². The quantitative estimate of drug-likeness (QED) is 0.611. The van der Waals surface area contributed by atoms with Crippen molar-refractivity contribution < 1.29 is 9.59 Å². The number of nitrogen functional groups attached to an aromatic ring is 1. The molecule has 3 aromatic rings. The first-order valence-electron chi connectivity index (χ1n) is 9.51. The van der Waals surface area contributed by atoms with Gasteiger partial charge in [-0.25, -0.2) is 4.98 Å². The predicted octanol–water partition coefficient (Wildman–Crippen LogP) is 2.47. The minimum Gasteiger partial charge on any atom is -0.383 e. The molecule has 1 fully saturated rings. The maximum absolute atomic E-state index is 12.8. The van der Waals surface area contributed by atoms with Crippen LogP contribution in [0.4, 0.5) is 5.82 Å². The van der Waals surface area contributed by atoms with E-state index in [2.05, 4.69) is 31.3 Å². The van der Waals surface area contributed by atoms with Gasteiger partial charge < -0.3 is 16.0 Å². The molecule has 1 saturated heterocycles. The smallest absolute Gasteiger partial charge is 0.255 e. The number of hydrogen-bond donors (Lipinski definition) is 2. The summed E-state index contributed by atoms with van der Waals surface area (Å²) in [5.41, 5.74) is 8.51. The first-order chi connectivity index (χ1) is 14.4. The molecular formula is C21H21BrN6O2. The molecule has 1 unspecified atom stereocenters. The third kappa shape index (κ3) is 4.20. The van der Waals surface area contributed by atoms with E-state index >= 15 is 0 Å². The summed E-state index contributed by atoms with van der Waals surface area (Å²) >= 11 is 3.37. The number of anilines is 1. The van der Waals surface area contributed by atoms with Crippen molar-refractivity contribution in [1.82, 2.24) is 25.0 Å². The van der Waals surface area contributed by atoms with Crippen LogP contribution in [0, 0.1) is 0 Å². The molecule has 9 heteroatoms. The van der Waals surface area contributed by atoms with Gasteiger partial charge in [-0.1, -0.05) is 15.9 Å². The zero-order chi connectivity index (χ0) is 21.3. The van der Waals surface area contributed by atoms with Gasteiger partial charge in [-0.15, -0.1) is 0 Å². The molecule has 2 aromatic heterocycles. The van der Waals surface area contributed by atoms with Crippen LogP contribution in [0.25, 0.3) is 11.1 Å². The molecule has 4 rings (SSSR count). The highest BCUT2D eigenvalue weighted by Crippen LogP contribution is 2.22. The summed E-state index contributed by atoms with van der Waals surface area (Å²) < 4.78 is 2.60. The molecule has 30 heavy (non-hydrogen) atoms. The van der Waals surface area contributed by atoms with Gasteiger partial charge in [-0.2, -0.15) is 5.10 Å². The average molecular weight is 469 g/mol. The van der Waals surface area contributed by atoms with Crippen LogP contribution in [-0.2, 0) is 7.05 Å². The van der Waals surface area contributed by atoms with Gasteiger partial charge in [0.05, 0.1) is 11.8 Å². The number of aromatic nitrogens is 3. The third-order valence-corrected chi connectivity index (χ3v) is 5.63. The van der Waals surface area contributed by atoms with Crippen LogP contribution in [0.15, 0.2) is 53.4 Å². The Balaban J connectivity index is 1.43. The highest BCUT2D eigenvalue weighted by Gasteiger charge is 2.28. The molecular weight excluding hydrogens is 448 g/mol. The molecule has 3 heterocycles. The standard InChI is InChI=1S/C21H21BrN6O2/c1-27-11-15(10-25-27)14-8-18(19(23)24-9-14)20(29)26-17-6-7-28(12-17)21(30)13-2-4-16(22)5-3-13/h2-5,8-11,17H,6-7,12H2,1H3,(H2,23,24)(H,26,29). The molecule has 1 aromatic carbocycles. The van der Waals surface area contributed by atoms with Crippen LogP contribution in [0.1, 0.15) is 27.1 Å². The Morgan fingerprint density at radius 1 is 1.20 bits per heavy atom. The third-order valence-electron chi connectivity index (χ3n) is 5.10. The van der Waals surface area contributed by atoms with E-state index in [-0.39, 0.29) is 23.7 Å². The Hall–Kier alpha value is -3.20. The van der Waals surface area contributed by atoms with Gasteiger partial charge in [0.2, 0.25) is 0 Å². The molecule has 1 atom stereocenters. The lowest BCUT2D eigenvalue weighted by Crippen LogP contribution is -2.38. The second kappa shape index (κ2) is 8.27. The number of hydrogen-bond acceptors (Lipinski definition) is 5. The number of halogens is 1. The van der Waals surface area contributed by atoms with Gasteiger partial charge in [-0.3, -0.25) is 14.3 Å². The molecule has 3 N–H and O–H groups in total. The van der Waals surface area contributed by atoms with E-state index in [1.54, 1.807) is 40.2 Å². The zero-order valence-corrected chi connectivity index (χ0v) is 18.0. The number of benzene rings is 1. The molecule has 154 valence electrons. The number of pyridine rings is 1. The number of nitrogens with one attached hydrogen (secondary N) is 1. The number of nitrogens with zero attached hydrogens (tertiary/aromatic N) is 4. The highest BCUT2D eigenvalue weighted by molar-refractivity contribution is 9.10. The summed E-state index contributed by atoms with van der Waals surface area (Å²) in [5.74, 6) is -0.173. The Morgan fingerprint density at radius 2 is 1.97 bits per heavy atom. The van der Waals surface area contributed by atoms with Crippen molar-refractivity contribution >= 4 is 33.6 Å². The molecule has 0 saturated carbocycles. The van der Waals surface area contributed by atoms with Gasteiger partial charge in [0.15, 0.2) is 0 Å². The van der Waals surface area contributed by atoms with Crippen molar-refractivity contribution in [3.05, 3.63) is 64.5 Å². The summed E-state index contributed by atoms with van der Waals surface area (Å²) in [6, 6.07) is 8.83. The van der Waals surface area contributed by atoms with Crippen LogP contribution in [0.2, 0.25) is 0 Å². The van der Waals surface area contributed by atoms with Crippen LogP contribution >= 0.6 is 15.9 Å². The van der Waals surface area contributed by atoms with Crippen molar-refractivity contribution in [3.63, 3.8) is 0 Å². The van der Waals surface area contributed by atoms with Crippen molar-refractivity contribution in [2.45, 2.75) is 12.5 Å². The molecule has 0 aliphatic carbocycles. The monoisotopic (exact) mass is 468 g/mol. The fourth-order valence-electron chi connectivity index (χ4n) is 3.49. The summed E-state index contributed by atoms with van der Waals surface area (Å²) in [5, 5.41) is 7.13. The normalized spacial score (nSPS) is 15.9. The Kier molecular flexibility index (Phi) is 5.54. The Labute approximate surface area is 182 Å². The number of likely N-dealkylation sites (tertiary alicyclic amines) is 1. The molecule has 0 spiro atoms. The van der Waals surface area contributed by atoms with Gasteiger partial charge >= 0.3 is 0 Å². The summed E-state index contributed by atoms with van der Waals surface area (Å²) in [4.78, 5) is 31.4. The van der Waals surface area contributed by atoms with E-state index < -0.39 is 0 Å². The van der Waals surface area contributed by atoms with E-state index in [1.807, 2.05) is 25.4 Å². The van der Waals surface area contributed by atoms with Crippen LogP contribution in [0.3, 0.4) is 0 Å².